The Labute approximate surface area is 267 Å². The van der Waals surface area contributed by atoms with Crippen LogP contribution in [-0.4, -0.2) is 84.3 Å². The van der Waals surface area contributed by atoms with E-state index in [2.05, 4.69) is 16.0 Å². The van der Waals surface area contributed by atoms with E-state index in [-0.39, 0.29) is 57.6 Å². The Morgan fingerprint density at radius 3 is 1.70 bits per heavy atom. The van der Waals surface area contributed by atoms with Crippen LogP contribution in [0.5, 0.6) is 0 Å². The van der Waals surface area contributed by atoms with Gasteiger partial charge in [-0.3, -0.25) is 29.3 Å². The summed E-state index contributed by atoms with van der Waals surface area (Å²) in [5.74, 6) is -3.79. The third kappa shape index (κ3) is 15.3. The van der Waals surface area contributed by atoms with Crippen molar-refractivity contribution in [1.82, 2.24) is 16.0 Å². The number of nitro benzene ring substituents is 1. The van der Waals surface area contributed by atoms with Crippen LogP contribution in [0.3, 0.4) is 0 Å². The quantitative estimate of drug-likeness (QED) is 0.0900. The van der Waals surface area contributed by atoms with Gasteiger partial charge in [0.05, 0.1) is 24.7 Å². The lowest BCUT2D eigenvalue weighted by molar-refractivity contribution is -0.384. The lowest BCUT2D eigenvalue weighted by Crippen LogP contribution is -2.56. The third-order valence-corrected chi connectivity index (χ3v) is 6.00. The maximum absolute atomic E-state index is 13.6. The molecule has 0 spiro atoms. The molecule has 0 saturated carbocycles. The monoisotopic (exact) mass is 652 g/mol. The lowest BCUT2D eigenvalue weighted by Gasteiger charge is -2.26. The summed E-state index contributed by atoms with van der Waals surface area (Å²) in [5.41, 5.74) is -0.651. The fourth-order valence-corrected chi connectivity index (χ4v) is 3.94. The molecule has 46 heavy (non-hydrogen) atoms. The molecule has 0 aliphatic carbocycles. The number of amides is 3. The molecule has 256 valence electrons. The van der Waals surface area contributed by atoms with Gasteiger partial charge in [-0.05, 0) is 59.9 Å². The minimum atomic E-state index is -1.41. The van der Waals surface area contributed by atoms with E-state index in [1.807, 2.05) is 0 Å². The molecule has 3 N–H and O–H groups in total. The molecule has 1 aromatic carbocycles. The van der Waals surface area contributed by atoms with Gasteiger partial charge in [0.15, 0.2) is 0 Å². The van der Waals surface area contributed by atoms with Gasteiger partial charge in [0.1, 0.15) is 23.7 Å². The molecule has 0 aliphatic rings. The van der Waals surface area contributed by atoms with E-state index in [0.717, 1.165) is 0 Å². The molecule has 0 fully saturated rings. The van der Waals surface area contributed by atoms with Gasteiger partial charge in [0.25, 0.3) is 5.69 Å². The fourth-order valence-electron chi connectivity index (χ4n) is 3.94. The van der Waals surface area contributed by atoms with Gasteiger partial charge < -0.3 is 34.9 Å². The van der Waals surface area contributed by atoms with Crippen LogP contribution in [0, 0.1) is 10.1 Å². The molecule has 1 rings (SSSR count). The van der Waals surface area contributed by atoms with Crippen molar-refractivity contribution in [1.29, 1.82) is 0 Å². The number of carbonyl (C=O) groups is 6. The number of ether oxygens (including phenoxy) is 4. The number of rotatable bonds is 18. The zero-order chi connectivity index (χ0) is 34.9. The Hall–Kier alpha value is -4.76. The molecule has 3 atom stereocenters. The van der Waals surface area contributed by atoms with E-state index in [1.165, 1.54) is 24.3 Å². The van der Waals surface area contributed by atoms with Crippen molar-refractivity contribution < 1.29 is 52.6 Å². The molecule has 0 aliphatic heterocycles. The first-order chi connectivity index (χ1) is 21.6. The molecule has 0 bridgehead atoms. The maximum atomic E-state index is 13.6. The van der Waals surface area contributed by atoms with E-state index in [1.54, 1.807) is 41.5 Å². The first-order valence-electron chi connectivity index (χ1n) is 14.9. The molecule has 0 heterocycles. The number of esters is 3. The summed E-state index contributed by atoms with van der Waals surface area (Å²) in [5, 5.41) is 18.5. The average molecular weight is 653 g/mol. The number of alkyl carbamates (subject to hydrolysis) is 1. The Balaban J connectivity index is 3.31. The average Bonchev–Trinajstić information content (AvgIpc) is 2.96. The van der Waals surface area contributed by atoms with Crippen molar-refractivity contribution >= 4 is 41.5 Å². The SMILES string of the molecule is CCOC(=O)CCC(NC(=O)C(Cc1ccc([N+](=O)[O-])cc1)NC(=O)OC(C)(C)C)C(=O)NC(CCC(=O)OCC)C(=O)OCC. The molecule has 3 amide bonds. The van der Waals surface area contributed by atoms with Gasteiger partial charge in [0.2, 0.25) is 11.8 Å². The molecular formula is C30H44N4O12. The van der Waals surface area contributed by atoms with Crippen LogP contribution in [0.25, 0.3) is 0 Å². The van der Waals surface area contributed by atoms with Gasteiger partial charge in [-0.25, -0.2) is 9.59 Å². The van der Waals surface area contributed by atoms with Crippen LogP contribution >= 0.6 is 0 Å². The van der Waals surface area contributed by atoms with E-state index < -0.39 is 64.5 Å². The Morgan fingerprint density at radius 1 is 0.739 bits per heavy atom. The van der Waals surface area contributed by atoms with Crippen LogP contribution in [0.15, 0.2) is 24.3 Å². The number of nitro groups is 1. The topological polar surface area (TPSA) is 219 Å². The standard InChI is InChI=1S/C30H44N4O12/c1-7-43-24(35)16-14-21(26(37)32-22(28(39)45-9-3)15-17-25(36)44-8-2)31-27(38)23(33-29(40)46-30(4,5)6)18-19-10-12-20(13-11-19)34(41)42/h10-13,21-23H,7-9,14-18H2,1-6H3,(H,31,38)(H,32,37)(H,33,40). The van der Waals surface area contributed by atoms with Gasteiger partial charge in [-0.1, -0.05) is 12.1 Å². The van der Waals surface area contributed by atoms with Crippen molar-refractivity contribution in [2.75, 3.05) is 19.8 Å². The van der Waals surface area contributed by atoms with Crippen LogP contribution in [-0.2, 0) is 49.3 Å². The second-order valence-corrected chi connectivity index (χ2v) is 10.9. The molecular weight excluding hydrogens is 608 g/mol. The summed E-state index contributed by atoms with van der Waals surface area (Å²) in [6, 6.07) is 1.27. The number of hydrogen-bond donors (Lipinski definition) is 3. The highest BCUT2D eigenvalue weighted by molar-refractivity contribution is 5.93. The highest BCUT2D eigenvalue weighted by Crippen LogP contribution is 2.15. The van der Waals surface area contributed by atoms with E-state index >= 15 is 0 Å². The second-order valence-electron chi connectivity index (χ2n) is 10.9. The first kappa shape index (κ1) is 39.3. The zero-order valence-corrected chi connectivity index (χ0v) is 27.0. The number of nitrogens with zero attached hydrogens (tertiary/aromatic N) is 1. The predicted octanol–water partition coefficient (Wildman–Crippen LogP) is 2.25. The molecule has 1 aromatic rings. The maximum Gasteiger partial charge on any atom is 0.408 e. The summed E-state index contributed by atoms with van der Waals surface area (Å²) in [7, 11) is 0. The van der Waals surface area contributed by atoms with Gasteiger partial charge in [0, 0.05) is 31.4 Å². The Kier molecular flexibility index (Phi) is 16.7. The normalized spacial score (nSPS) is 12.8. The molecule has 16 heteroatoms. The minimum absolute atomic E-state index is 0.00566. The molecule has 16 nitrogen and oxygen atoms in total. The number of carbonyl (C=O) groups excluding carboxylic acids is 6. The van der Waals surface area contributed by atoms with E-state index in [0.29, 0.717) is 5.56 Å². The lowest BCUT2D eigenvalue weighted by atomic mass is 10.0. The van der Waals surface area contributed by atoms with E-state index in [4.69, 9.17) is 18.9 Å². The van der Waals surface area contributed by atoms with E-state index in [9.17, 15) is 38.9 Å². The Bertz CT molecular complexity index is 1210. The van der Waals surface area contributed by atoms with Crippen molar-refractivity contribution in [3.63, 3.8) is 0 Å². The number of hydrogen-bond acceptors (Lipinski definition) is 12. The minimum Gasteiger partial charge on any atom is -0.466 e. The summed E-state index contributed by atoms with van der Waals surface area (Å²) < 4.78 is 20.1. The van der Waals surface area contributed by atoms with Crippen molar-refractivity contribution in [2.24, 2.45) is 0 Å². The summed E-state index contributed by atoms with van der Waals surface area (Å²) >= 11 is 0. The molecule has 3 unspecified atom stereocenters. The van der Waals surface area contributed by atoms with Gasteiger partial charge in [-0.2, -0.15) is 0 Å². The molecule has 0 radical (unpaired) electrons. The van der Waals surface area contributed by atoms with Gasteiger partial charge >= 0.3 is 24.0 Å². The Morgan fingerprint density at radius 2 is 1.22 bits per heavy atom. The van der Waals surface area contributed by atoms with Crippen molar-refractivity contribution in [2.45, 2.75) is 97.4 Å². The van der Waals surface area contributed by atoms with Crippen LogP contribution in [0.1, 0.15) is 72.8 Å². The van der Waals surface area contributed by atoms with Crippen LogP contribution < -0.4 is 16.0 Å². The van der Waals surface area contributed by atoms with Crippen LogP contribution in [0.2, 0.25) is 0 Å². The molecule has 0 aromatic heterocycles. The van der Waals surface area contributed by atoms with Crippen LogP contribution in [0.4, 0.5) is 10.5 Å². The summed E-state index contributed by atoms with van der Waals surface area (Å²) in [4.78, 5) is 86.8. The van der Waals surface area contributed by atoms with Crippen molar-refractivity contribution in [3.05, 3.63) is 39.9 Å². The van der Waals surface area contributed by atoms with Gasteiger partial charge in [-0.15, -0.1) is 0 Å². The summed E-state index contributed by atoms with van der Waals surface area (Å²) in [6.07, 6.45) is -2.00. The third-order valence-electron chi connectivity index (χ3n) is 6.00. The first-order valence-corrected chi connectivity index (χ1v) is 14.9. The van der Waals surface area contributed by atoms with Crippen molar-refractivity contribution in [3.8, 4) is 0 Å². The second kappa shape index (κ2) is 19.6. The number of non-ortho nitro benzene ring substituents is 1. The highest BCUT2D eigenvalue weighted by Gasteiger charge is 2.32. The predicted molar refractivity (Wildman–Crippen MR) is 162 cm³/mol. The fraction of sp³-hybridized carbons (Fsp3) is 0.600. The number of benzene rings is 1. The summed E-state index contributed by atoms with van der Waals surface area (Å²) in [6.45, 7) is 9.84. The largest absolute Gasteiger partial charge is 0.466 e. The highest BCUT2D eigenvalue weighted by atomic mass is 16.6. The number of nitrogens with one attached hydrogen (secondary N) is 3. The smallest absolute Gasteiger partial charge is 0.408 e. The zero-order valence-electron chi connectivity index (χ0n) is 27.0. The molecule has 0 saturated heterocycles.